The van der Waals surface area contributed by atoms with E-state index in [0.29, 0.717) is 69.5 Å². The SMILES string of the molecule is Cc1c(/C=C2\SC(=S)N(Cc3ccc4c(c3)OCO4)C2=O)c(N2CCN(c3ccccc3F)CC2)n(C)c(=O)c1C#N. The Morgan fingerprint density at radius 1 is 1.07 bits per heavy atom. The van der Waals surface area contributed by atoms with E-state index in [1.807, 2.05) is 28.0 Å². The summed E-state index contributed by atoms with van der Waals surface area (Å²) < 4.78 is 27.2. The van der Waals surface area contributed by atoms with Crippen LogP contribution in [-0.4, -0.2) is 52.7 Å². The average Bonchev–Trinajstić information content (AvgIpc) is 3.56. The summed E-state index contributed by atoms with van der Waals surface area (Å²) >= 11 is 6.76. The van der Waals surface area contributed by atoms with Gasteiger partial charge in [-0.2, -0.15) is 5.26 Å². The Hall–Kier alpha value is -4.34. The molecule has 9 nitrogen and oxygen atoms in total. The summed E-state index contributed by atoms with van der Waals surface area (Å²) in [7, 11) is 1.63. The number of aromatic nitrogens is 1. The summed E-state index contributed by atoms with van der Waals surface area (Å²) in [6.07, 6.45) is 1.73. The summed E-state index contributed by atoms with van der Waals surface area (Å²) in [5.41, 5.74) is 2.09. The number of rotatable bonds is 5. The van der Waals surface area contributed by atoms with Gasteiger partial charge >= 0.3 is 0 Å². The lowest BCUT2D eigenvalue weighted by molar-refractivity contribution is -0.122. The molecular formula is C30H26FN5O4S2. The number of amides is 1. The number of benzene rings is 2. The lowest BCUT2D eigenvalue weighted by atomic mass is 10.0. The molecule has 0 spiro atoms. The van der Waals surface area contributed by atoms with Gasteiger partial charge in [-0.05, 0) is 48.4 Å². The number of nitriles is 1. The largest absolute Gasteiger partial charge is 0.454 e. The van der Waals surface area contributed by atoms with Crippen molar-refractivity contribution in [3.63, 3.8) is 0 Å². The van der Waals surface area contributed by atoms with Crippen molar-refractivity contribution in [3.05, 3.63) is 85.8 Å². The van der Waals surface area contributed by atoms with Crippen molar-refractivity contribution >= 4 is 51.8 Å². The Kier molecular flexibility index (Phi) is 7.38. The van der Waals surface area contributed by atoms with Gasteiger partial charge in [-0.25, -0.2) is 4.39 Å². The van der Waals surface area contributed by atoms with Crippen LogP contribution in [0.15, 0.2) is 52.2 Å². The Balaban J connectivity index is 1.32. The number of hydrogen-bond donors (Lipinski definition) is 0. The fourth-order valence-electron chi connectivity index (χ4n) is 5.45. The molecule has 0 aliphatic carbocycles. The highest BCUT2D eigenvalue weighted by atomic mass is 32.2. The van der Waals surface area contributed by atoms with Gasteiger partial charge in [0.15, 0.2) is 11.5 Å². The van der Waals surface area contributed by atoms with E-state index in [2.05, 4.69) is 0 Å². The highest BCUT2D eigenvalue weighted by Crippen LogP contribution is 2.38. The number of para-hydroxylation sites is 1. The number of piperazine rings is 1. The van der Waals surface area contributed by atoms with E-state index in [4.69, 9.17) is 21.7 Å². The van der Waals surface area contributed by atoms with Crippen LogP contribution < -0.4 is 24.8 Å². The van der Waals surface area contributed by atoms with Gasteiger partial charge in [0.05, 0.1) is 17.1 Å². The predicted molar refractivity (Wildman–Crippen MR) is 163 cm³/mol. The first-order valence-corrected chi connectivity index (χ1v) is 14.5. The quantitative estimate of drug-likeness (QED) is 0.315. The van der Waals surface area contributed by atoms with Crippen LogP contribution in [0.3, 0.4) is 0 Å². The molecule has 0 N–H and O–H groups in total. The normalized spacial score (nSPS) is 17.4. The van der Waals surface area contributed by atoms with Crippen molar-refractivity contribution in [3.8, 4) is 17.6 Å². The lowest BCUT2D eigenvalue weighted by Crippen LogP contribution is -2.48. The molecule has 1 aromatic heterocycles. The first kappa shape index (κ1) is 27.8. The highest BCUT2D eigenvalue weighted by Gasteiger charge is 2.34. The number of thioether (sulfide) groups is 1. The molecule has 2 aromatic carbocycles. The van der Waals surface area contributed by atoms with Crippen LogP contribution in [0, 0.1) is 24.1 Å². The molecule has 3 aromatic rings. The molecule has 0 bridgehead atoms. The molecule has 0 atom stereocenters. The second kappa shape index (κ2) is 11.2. The van der Waals surface area contributed by atoms with Crippen LogP contribution >= 0.6 is 24.0 Å². The van der Waals surface area contributed by atoms with Gasteiger partial charge in [0.1, 0.15) is 27.6 Å². The third-order valence-corrected chi connectivity index (χ3v) is 9.04. The van der Waals surface area contributed by atoms with Gasteiger partial charge in [-0.1, -0.05) is 42.2 Å². The fourth-order valence-corrected chi connectivity index (χ4v) is 6.69. The predicted octanol–water partition coefficient (Wildman–Crippen LogP) is 4.16. The van der Waals surface area contributed by atoms with Crippen molar-refractivity contribution < 1.29 is 18.7 Å². The molecular weight excluding hydrogens is 577 g/mol. The van der Waals surface area contributed by atoms with Crippen LogP contribution in [-0.2, 0) is 18.4 Å². The van der Waals surface area contributed by atoms with E-state index in [1.54, 1.807) is 44.3 Å². The first-order valence-electron chi connectivity index (χ1n) is 13.3. The monoisotopic (exact) mass is 603 g/mol. The average molecular weight is 604 g/mol. The zero-order valence-electron chi connectivity index (χ0n) is 22.9. The van der Waals surface area contributed by atoms with E-state index >= 15 is 0 Å². The number of thiocarbonyl (C=S) groups is 1. The van der Waals surface area contributed by atoms with Gasteiger partial charge in [-0.15, -0.1) is 0 Å². The lowest BCUT2D eigenvalue weighted by Gasteiger charge is -2.38. The van der Waals surface area contributed by atoms with Gasteiger partial charge < -0.3 is 19.3 Å². The summed E-state index contributed by atoms with van der Waals surface area (Å²) in [6.45, 7) is 4.23. The van der Waals surface area contributed by atoms with Crippen LogP contribution in [0.4, 0.5) is 15.9 Å². The summed E-state index contributed by atoms with van der Waals surface area (Å²) in [6, 6.07) is 14.2. The number of ether oxygens (including phenoxy) is 2. The van der Waals surface area contributed by atoms with Crippen LogP contribution in [0.1, 0.15) is 22.3 Å². The molecule has 12 heteroatoms. The number of anilines is 2. The van der Waals surface area contributed by atoms with Crippen molar-refractivity contribution in [2.75, 3.05) is 42.8 Å². The van der Waals surface area contributed by atoms with Crippen molar-refractivity contribution in [1.82, 2.24) is 9.47 Å². The number of halogens is 1. The van der Waals surface area contributed by atoms with Gasteiger partial charge in [0, 0.05) is 38.8 Å². The van der Waals surface area contributed by atoms with E-state index in [1.165, 1.54) is 27.3 Å². The summed E-state index contributed by atoms with van der Waals surface area (Å²) in [5, 5.41) is 9.80. The van der Waals surface area contributed by atoms with Crippen molar-refractivity contribution in [2.24, 2.45) is 7.05 Å². The molecule has 214 valence electrons. The Bertz CT molecular complexity index is 1760. The minimum atomic E-state index is -0.408. The number of carbonyl (C=O) groups is 1. The van der Waals surface area contributed by atoms with Gasteiger partial charge in [0.2, 0.25) is 6.79 Å². The topological polar surface area (TPSA) is 91.0 Å². The maximum atomic E-state index is 14.4. The second-order valence-corrected chi connectivity index (χ2v) is 11.8. The van der Waals surface area contributed by atoms with Crippen molar-refractivity contribution in [1.29, 1.82) is 5.26 Å². The number of hydrogen-bond acceptors (Lipinski definition) is 9. The summed E-state index contributed by atoms with van der Waals surface area (Å²) in [4.78, 5) is 32.7. The number of carbonyl (C=O) groups excluding carboxylic acids is 1. The number of fused-ring (bicyclic) bond motifs is 1. The zero-order valence-corrected chi connectivity index (χ0v) is 24.6. The molecule has 0 radical (unpaired) electrons. The standard InChI is InChI=1S/C30H26FN5O4S2/c1-18-20(14-26-29(38)36(30(41)42-26)16-19-7-8-24-25(13-19)40-17-39-24)27(33(2)28(37)21(18)15-32)35-11-9-34(10-12-35)23-6-4-3-5-22(23)31/h3-8,13-14H,9-12,16-17H2,1-2H3/b26-14-. The van der Waals surface area contributed by atoms with Gasteiger partial charge in [0.25, 0.3) is 11.5 Å². The smallest absolute Gasteiger partial charge is 0.270 e. The highest BCUT2D eigenvalue weighted by molar-refractivity contribution is 8.26. The van der Waals surface area contributed by atoms with E-state index < -0.39 is 5.56 Å². The minimum Gasteiger partial charge on any atom is -0.454 e. The molecule has 0 unspecified atom stereocenters. The van der Waals surface area contributed by atoms with E-state index in [-0.39, 0.29) is 30.6 Å². The first-order chi connectivity index (χ1) is 20.3. The maximum Gasteiger partial charge on any atom is 0.270 e. The molecule has 0 saturated carbocycles. The number of pyridine rings is 1. The molecule has 2 saturated heterocycles. The summed E-state index contributed by atoms with van der Waals surface area (Å²) in [5.74, 6) is 1.34. The molecule has 4 heterocycles. The molecule has 3 aliphatic rings. The molecule has 3 aliphatic heterocycles. The van der Waals surface area contributed by atoms with Crippen molar-refractivity contribution in [2.45, 2.75) is 13.5 Å². The fraction of sp³-hybridized carbons (Fsp3) is 0.267. The van der Waals surface area contributed by atoms with Crippen LogP contribution in [0.25, 0.3) is 6.08 Å². The third kappa shape index (κ3) is 4.88. The van der Waals surface area contributed by atoms with Crippen LogP contribution in [0.5, 0.6) is 11.5 Å². The third-order valence-electron chi connectivity index (χ3n) is 7.67. The number of nitrogens with zero attached hydrogens (tertiary/aromatic N) is 5. The molecule has 42 heavy (non-hydrogen) atoms. The Morgan fingerprint density at radius 3 is 2.52 bits per heavy atom. The molecule has 6 rings (SSSR count). The maximum absolute atomic E-state index is 14.4. The van der Waals surface area contributed by atoms with Crippen LogP contribution in [0.2, 0.25) is 0 Å². The van der Waals surface area contributed by atoms with E-state index in [9.17, 15) is 19.2 Å². The minimum absolute atomic E-state index is 0.0216. The Morgan fingerprint density at radius 2 is 1.79 bits per heavy atom. The molecule has 1 amide bonds. The van der Waals surface area contributed by atoms with Gasteiger partial charge in [-0.3, -0.25) is 19.1 Å². The second-order valence-electron chi connectivity index (χ2n) is 10.1. The zero-order chi connectivity index (χ0) is 29.5. The Labute approximate surface area is 251 Å². The van der Waals surface area contributed by atoms with E-state index in [0.717, 1.165) is 5.56 Å². The molecule has 2 fully saturated rings.